The van der Waals surface area contributed by atoms with Crippen LogP contribution in [0.4, 0.5) is 11.4 Å². The molecule has 0 bridgehead atoms. The van der Waals surface area contributed by atoms with Crippen LogP contribution in [-0.2, 0) is 4.79 Å². The second-order valence-electron chi connectivity index (χ2n) is 7.63. The minimum Gasteiger partial charge on any atom is -0.492 e. The number of primary amides is 1. The van der Waals surface area contributed by atoms with Crippen molar-refractivity contribution in [3.8, 4) is 5.75 Å². The van der Waals surface area contributed by atoms with Crippen molar-refractivity contribution in [2.24, 2.45) is 5.73 Å². The number of anilines is 2. The van der Waals surface area contributed by atoms with Crippen molar-refractivity contribution in [1.29, 1.82) is 0 Å². The summed E-state index contributed by atoms with van der Waals surface area (Å²) in [5.74, 6) is -1.12. The van der Waals surface area contributed by atoms with Gasteiger partial charge in [0.15, 0.2) is 5.69 Å². The van der Waals surface area contributed by atoms with Crippen molar-refractivity contribution < 1.29 is 19.1 Å². The number of nitrogen functional groups attached to an aromatic ring is 1. The lowest BCUT2D eigenvalue weighted by Gasteiger charge is -2.32. The smallest absolute Gasteiger partial charge is 0.272 e. The van der Waals surface area contributed by atoms with Gasteiger partial charge in [0.05, 0.1) is 18.0 Å². The first-order valence-corrected chi connectivity index (χ1v) is 11.6. The molecule has 1 aliphatic carbocycles. The molecule has 32 heavy (non-hydrogen) atoms. The Balaban J connectivity index is 2.05. The zero-order valence-corrected chi connectivity index (χ0v) is 19.1. The van der Waals surface area contributed by atoms with E-state index in [0.717, 1.165) is 37.2 Å². The Morgan fingerprint density at radius 2 is 1.94 bits per heavy atom. The van der Waals surface area contributed by atoms with E-state index in [1.54, 1.807) is 24.3 Å². The SMILES string of the molecule is CCOc1ccccc1N(C(=O)c1snc(C(N)=O)c1N)[C@H](CC)C(=O)NC1CCCC1. The highest BCUT2D eigenvalue weighted by Crippen LogP contribution is 2.34. The van der Waals surface area contributed by atoms with Crippen molar-refractivity contribution in [1.82, 2.24) is 9.69 Å². The number of nitrogens with zero attached hydrogens (tertiary/aromatic N) is 2. The molecule has 3 amide bonds. The lowest BCUT2D eigenvalue weighted by molar-refractivity contribution is -0.123. The van der Waals surface area contributed by atoms with Crippen LogP contribution >= 0.6 is 11.5 Å². The normalized spacial score (nSPS) is 14.7. The number of carbonyl (C=O) groups is 3. The highest BCUT2D eigenvalue weighted by molar-refractivity contribution is 7.09. The molecule has 5 N–H and O–H groups in total. The number of rotatable bonds is 9. The lowest BCUT2D eigenvalue weighted by Crippen LogP contribution is -2.51. The molecule has 1 saturated carbocycles. The van der Waals surface area contributed by atoms with E-state index in [1.807, 2.05) is 13.8 Å². The molecule has 1 atom stereocenters. The maximum absolute atomic E-state index is 13.7. The Kier molecular flexibility index (Phi) is 7.68. The standard InChI is InChI=1S/C22H29N5O4S/c1-3-14(21(29)25-13-9-5-6-10-13)27(15-11-7-8-12-16(15)31-4-2)22(30)19-17(23)18(20(24)28)26-32-19/h7-8,11-14H,3-6,9-10,23H2,1-2H3,(H2,24,28)(H,25,29)/t14-/m1/s1. The number of carbonyl (C=O) groups excluding carboxylic acids is 3. The van der Waals surface area contributed by atoms with Crippen LogP contribution in [0.15, 0.2) is 24.3 Å². The van der Waals surface area contributed by atoms with Gasteiger partial charge in [-0.1, -0.05) is 31.9 Å². The molecule has 172 valence electrons. The molecule has 1 heterocycles. The summed E-state index contributed by atoms with van der Waals surface area (Å²) in [4.78, 5) is 40.1. The molecule has 3 rings (SSSR count). The van der Waals surface area contributed by atoms with Crippen molar-refractivity contribution in [3.05, 3.63) is 34.8 Å². The van der Waals surface area contributed by atoms with E-state index in [0.29, 0.717) is 24.5 Å². The van der Waals surface area contributed by atoms with Crippen LogP contribution < -0.4 is 26.4 Å². The topological polar surface area (TPSA) is 141 Å². The van der Waals surface area contributed by atoms with Crippen molar-refractivity contribution in [2.75, 3.05) is 17.2 Å². The average Bonchev–Trinajstić information content (AvgIpc) is 3.41. The fraction of sp³-hybridized carbons (Fsp3) is 0.455. The van der Waals surface area contributed by atoms with Gasteiger partial charge in [-0.3, -0.25) is 19.3 Å². The van der Waals surface area contributed by atoms with Gasteiger partial charge in [-0.25, -0.2) is 0 Å². The van der Waals surface area contributed by atoms with E-state index in [2.05, 4.69) is 9.69 Å². The highest BCUT2D eigenvalue weighted by Gasteiger charge is 2.36. The summed E-state index contributed by atoms with van der Waals surface area (Å²) in [6.07, 6.45) is 4.37. The summed E-state index contributed by atoms with van der Waals surface area (Å²) in [6, 6.07) is 6.33. The maximum atomic E-state index is 13.7. The number of benzene rings is 1. The third-order valence-corrected chi connectivity index (χ3v) is 6.35. The monoisotopic (exact) mass is 459 g/mol. The van der Waals surface area contributed by atoms with E-state index >= 15 is 0 Å². The molecule has 0 saturated heterocycles. The summed E-state index contributed by atoms with van der Waals surface area (Å²) in [7, 11) is 0. The molecular weight excluding hydrogens is 430 g/mol. The number of aromatic nitrogens is 1. The molecule has 1 aliphatic rings. The van der Waals surface area contributed by atoms with Gasteiger partial charge in [0.2, 0.25) is 5.91 Å². The van der Waals surface area contributed by atoms with Gasteiger partial charge in [-0.15, -0.1) is 0 Å². The minimum atomic E-state index is -0.815. The molecule has 0 unspecified atom stereocenters. The zero-order valence-electron chi connectivity index (χ0n) is 18.3. The molecule has 1 aromatic heterocycles. The first-order valence-electron chi connectivity index (χ1n) is 10.8. The van der Waals surface area contributed by atoms with E-state index < -0.39 is 17.9 Å². The first-order chi connectivity index (χ1) is 15.4. The van der Waals surface area contributed by atoms with Crippen LogP contribution in [0.1, 0.15) is 66.1 Å². The predicted molar refractivity (Wildman–Crippen MR) is 124 cm³/mol. The molecule has 0 spiro atoms. The summed E-state index contributed by atoms with van der Waals surface area (Å²) < 4.78 is 9.69. The van der Waals surface area contributed by atoms with Crippen molar-refractivity contribution in [2.45, 2.75) is 58.0 Å². The lowest BCUT2D eigenvalue weighted by atomic mass is 10.1. The number of nitrogens with two attached hydrogens (primary N) is 2. The summed E-state index contributed by atoms with van der Waals surface area (Å²) in [5.41, 5.74) is 11.6. The van der Waals surface area contributed by atoms with Crippen LogP contribution in [0.2, 0.25) is 0 Å². The minimum absolute atomic E-state index is 0.0530. The molecule has 0 aliphatic heterocycles. The molecule has 0 radical (unpaired) electrons. The molecule has 1 fully saturated rings. The number of ether oxygens (including phenoxy) is 1. The zero-order chi connectivity index (χ0) is 23.3. The second kappa shape index (κ2) is 10.4. The average molecular weight is 460 g/mol. The van der Waals surface area contributed by atoms with Gasteiger partial charge >= 0.3 is 0 Å². The molecule has 9 nitrogen and oxygen atoms in total. The fourth-order valence-corrected chi connectivity index (χ4v) is 4.69. The third kappa shape index (κ3) is 4.85. The number of amides is 3. The Morgan fingerprint density at radius 3 is 2.53 bits per heavy atom. The van der Waals surface area contributed by atoms with Crippen molar-refractivity contribution in [3.63, 3.8) is 0 Å². The second-order valence-corrected chi connectivity index (χ2v) is 8.40. The molecule has 10 heteroatoms. The fourth-order valence-electron chi connectivity index (χ4n) is 3.94. The van der Waals surface area contributed by atoms with Gasteiger partial charge in [0.25, 0.3) is 11.8 Å². The first kappa shape index (κ1) is 23.5. The van der Waals surface area contributed by atoms with Crippen LogP contribution in [0.5, 0.6) is 5.75 Å². The summed E-state index contributed by atoms with van der Waals surface area (Å²) in [6.45, 7) is 4.07. The van der Waals surface area contributed by atoms with Crippen LogP contribution in [0, 0.1) is 0 Å². The van der Waals surface area contributed by atoms with Crippen LogP contribution in [0.3, 0.4) is 0 Å². The number of nitrogens with one attached hydrogen (secondary N) is 1. The Labute approximate surface area is 191 Å². The van der Waals surface area contributed by atoms with Gasteiger partial charge in [0.1, 0.15) is 16.7 Å². The van der Waals surface area contributed by atoms with E-state index in [1.165, 1.54) is 4.90 Å². The summed E-state index contributed by atoms with van der Waals surface area (Å²) in [5, 5.41) is 3.08. The third-order valence-electron chi connectivity index (χ3n) is 5.50. The van der Waals surface area contributed by atoms with Gasteiger partial charge < -0.3 is 21.5 Å². The molecular formula is C22H29N5O4S. The predicted octanol–water partition coefficient (Wildman–Crippen LogP) is 2.71. The van der Waals surface area contributed by atoms with Gasteiger partial charge in [-0.2, -0.15) is 4.37 Å². The number of hydrogen-bond donors (Lipinski definition) is 3. The van der Waals surface area contributed by atoms with E-state index in [4.69, 9.17) is 16.2 Å². The van der Waals surface area contributed by atoms with Crippen LogP contribution in [0.25, 0.3) is 0 Å². The summed E-state index contributed by atoms with van der Waals surface area (Å²) >= 11 is 0.788. The van der Waals surface area contributed by atoms with Crippen LogP contribution in [-0.4, -0.2) is 40.8 Å². The van der Waals surface area contributed by atoms with Gasteiger partial charge in [-0.05, 0) is 49.9 Å². The van der Waals surface area contributed by atoms with Crippen molar-refractivity contribution >= 4 is 40.6 Å². The van der Waals surface area contributed by atoms with E-state index in [9.17, 15) is 14.4 Å². The Bertz CT molecular complexity index is 986. The molecule has 2 aromatic rings. The Hall–Kier alpha value is -3.14. The quantitative estimate of drug-likeness (QED) is 0.526. The van der Waals surface area contributed by atoms with Gasteiger partial charge in [0, 0.05) is 6.04 Å². The molecule has 1 aromatic carbocycles. The maximum Gasteiger partial charge on any atom is 0.272 e. The highest BCUT2D eigenvalue weighted by atomic mass is 32.1. The number of hydrogen-bond acceptors (Lipinski definition) is 7. The Morgan fingerprint density at radius 1 is 1.25 bits per heavy atom. The number of para-hydroxylation sites is 2. The van der Waals surface area contributed by atoms with E-state index in [-0.39, 0.29) is 28.2 Å². The largest absolute Gasteiger partial charge is 0.492 e.